The molecule has 2 aromatic rings. The van der Waals surface area contributed by atoms with E-state index in [0.29, 0.717) is 10.7 Å². The quantitative estimate of drug-likeness (QED) is 0.895. The van der Waals surface area contributed by atoms with E-state index in [9.17, 15) is 8.42 Å². The molecule has 0 aliphatic rings. The SMILES string of the molecule is CCc1nc(-c2ccc(S(C)(=O)=O)cc2)n[nH]1. The number of aryl methyl sites for hydroxylation is 1. The van der Waals surface area contributed by atoms with Gasteiger partial charge in [0.1, 0.15) is 5.82 Å². The van der Waals surface area contributed by atoms with Crippen LogP contribution in [0.25, 0.3) is 11.4 Å². The molecule has 17 heavy (non-hydrogen) atoms. The van der Waals surface area contributed by atoms with E-state index in [1.807, 2.05) is 6.92 Å². The van der Waals surface area contributed by atoms with Crippen molar-refractivity contribution < 1.29 is 8.42 Å². The average molecular weight is 251 g/mol. The maximum absolute atomic E-state index is 11.3. The lowest BCUT2D eigenvalue weighted by molar-refractivity contribution is 0.602. The standard InChI is InChI=1S/C11H13N3O2S/c1-3-10-12-11(14-13-10)8-4-6-9(7-5-8)17(2,15)16/h4-7H,3H2,1-2H3,(H,12,13,14). The molecule has 90 valence electrons. The van der Waals surface area contributed by atoms with E-state index in [1.165, 1.54) is 6.26 Å². The molecule has 1 N–H and O–H groups in total. The molecule has 0 atom stereocenters. The maximum Gasteiger partial charge on any atom is 0.181 e. The van der Waals surface area contributed by atoms with Crippen LogP contribution in [0.4, 0.5) is 0 Å². The molecule has 0 saturated heterocycles. The second-order valence-corrected chi connectivity index (χ2v) is 5.77. The molecule has 0 spiro atoms. The van der Waals surface area contributed by atoms with Gasteiger partial charge in [-0.05, 0) is 24.3 Å². The van der Waals surface area contributed by atoms with Gasteiger partial charge in [-0.2, -0.15) is 5.10 Å². The van der Waals surface area contributed by atoms with Crippen molar-refractivity contribution in [3.05, 3.63) is 30.1 Å². The Labute approximate surface area is 99.8 Å². The third-order valence-electron chi connectivity index (χ3n) is 2.41. The zero-order chi connectivity index (χ0) is 12.5. The summed E-state index contributed by atoms with van der Waals surface area (Å²) >= 11 is 0. The predicted octanol–water partition coefficient (Wildman–Crippen LogP) is 1.44. The van der Waals surface area contributed by atoms with Crippen molar-refractivity contribution in [3.8, 4) is 11.4 Å². The first-order valence-corrected chi connectivity index (χ1v) is 7.11. The molecule has 1 aromatic heterocycles. The van der Waals surface area contributed by atoms with Crippen LogP contribution >= 0.6 is 0 Å². The fourth-order valence-corrected chi connectivity index (χ4v) is 2.06. The zero-order valence-corrected chi connectivity index (χ0v) is 10.5. The number of benzene rings is 1. The number of nitrogens with zero attached hydrogens (tertiary/aromatic N) is 2. The molecule has 0 radical (unpaired) electrons. The molecule has 0 fully saturated rings. The lowest BCUT2D eigenvalue weighted by Gasteiger charge is -1.99. The largest absolute Gasteiger partial charge is 0.263 e. The highest BCUT2D eigenvalue weighted by Crippen LogP contribution is 2.17. The highest BCUT2D eigenvalue weighted by atomic mass is 32.2. The van der Waals surface area contributed by atoms with Crippen LogP contribution in [-0.4, -0.2) is 29.9 Å². The minimum atomic E-state index is -3.15. The summed E-state index contributed by atoms with van der Waals surface area (Å²) in [6.07, 6.45) is 1.97. The summed E-state index contributed by atoms with van der Waals surface area (Å²) in [5.41, 5.74) is 0.799. The lowest BCUT2D eigenvalue weighted by atomic mass is 10.2. The van der Waals surface area contributed by atoms with Gasteiger partial charge in [0.05, 0.1) is 4.90 Å². The van der Waals surface area contributed by atoms with Crippen LogP contribution in [0.1, 0.15) is 12.7 Å². The molecule has 0 saturated carbocycles. The number of rotatable bonds is 3. The van der Waals surface area contributed by atoms with Crippen LogP contribution in [0, 0.1) is 0 Å². The summed E-state index contributed by atoms with van der Waals surface area (Å²) < 4.78 is 22.6. The Morgan fingerprint density at radius 2 is 1.88 bits per heavy atom. The Balaban J connectivity index is 2.35. The van der Waals surface area contributed by atoms with Gasteiger partial charge in [-0.25, -0.2) is 13.4 Å². The number of nitrogens with one attached hydrogen (secondary N) is 1. The van der Waals surface area contributed by atoms with E-state index in [4.69, 9.17) is 0 Å². The molecule has 0 unspecified atom stereocenters. The van der Waals surface area contributed by atoms with Crippen molar-refractivity contribution >= 4 is 9.84 Å². The topological polar surface area (TPSA) is 75.7 Å². The number of sulfone groups is 1. The zero-order valence-electron chi connectivity index (χ0n) is 9.64. The summed E-state index contributed by atoms with van der Waals surface area (Å²) in [5, 5.41) is 6.88. The predicted molar refractivity (Wildman–Crippen MR) is 64.3 cm³/mol. The molecular weight excluding hydrogens is 238 g/mol. The van der Waals surface area contributed by atoms with Gasteiger partial charge in [0, 0.05) is 18.2 Å². The van der Waals surface area contributed by atoms with Gasteiger partial charge in [-0.3, -0.25) is 5.10 Å². The molecule has 2 rings (SSSR count). The van der Waals surface area contributed by atoms with Crippen LogP contribution in [-0.2, 0) is 16.3 Å². The Hall–Kier alpha value is -1.69. The second-order valence-electron chi connectivity index (χ2n) is 3.76. The second kappa shape index (κ2) is 4.29. The van der Waals surface area contributed by atoms with E-state index < -0.39 is 9.84 Å². The summed E-state index contributed by atoms with van der Waals surface area (Å²) in [5.74, 6) is 1.40. The summed E-state index contributed by atoms with van der Waals surface area (Å²) in [6, 6.07) is 6.54. The maximum atomic E-state index is 11.3. The molecule has 0 aliphatic heterocycles. The van der Waals surface area contributed by atoms with Gasteiger partial charge in [-0.15, -0.1) is 0 Å². The number of hydrogen-bond donors (Lipinski definition) is 1. The molecule has 1 heterocycles. The van der Waals surface area contributed by atoms with Crippen LogP contribution in [0.15, 0.2) is 29.2 Å². The number of aromatic nitrogens is 3. The normalized spacial score (nSPS) is 11.6. The van der Waals surface area contributed by atoms with Gasteiger partial charge in [-0.1, -0.05) is 6.92 Å². The fourth-order valence-electron chi connectivity index (χ4n) is 1.43. The first-order chi connectivity index (χ1) is 8.00. The summed E-state index contributed by atoms with van der Waals surface area (Å²) in [4.78, 5) is 4.57. The van der Waals surface area contributed by atoms with Crippen LogP contribution in [0.2, 0.25) is 0 Å². The Morgan fingerprint density at radius 3 is 2.35 bits per heavy atom. The molecule has 0 aliphatic carbocycles. The van der Waals surface area contributed by atoms with Crippen molar-refractivity contribution in [1.29, 1.82) is 0 Å². The first kappa shape index (κ1) is 11.8. The van der Waals surface area contributed by atoms with E-state index >= 15 is 0 Å². The molecule has 0 amide bonds. The monoisotopic (exact) mass is 251 g/mol. The van der Waals surface area contributed by atoms with E-state index in [2.05, 4.69) is 15.2 Å². The Bertz CT molecular complexity index is 614. The highest BCUT2D eigenvalue weighted by Gasteiger charge is 2.09. The lowest BCUT2D eigenvalue weighted by Crippen LogP contribution is -1.96. The van der Waals surface area contributed by atoms with Gasteiger partial charge in [0.2, 0.25) is 0 Å². The molecule has 6 heteroatoms. The minimum absolute atomic E-state index is 0.299. The van der Waals surface area contributed by atoms with Gasteiger partial charge in [0.25, 0.3) is 0 Å². The number of hydrogen-bond acceptors (Lipinski definition) is 4. The Kier molecular flexibility index (Phi) is 2.97. The molecule has 1 aromatic carbocycles. The van der Waals surface area contributed by atoms with Crippen molar-refractivity contribution in [2.45, 2.75) is 18.2 Å². The third-order valence-corrected chi connectivity index (χ3v) is 3.54. The van der Waals surface area contributed by atoms with Crippen molar-refractivity contribution in [1.82, 2.24) is 15.2 Å². The van der Waals surface area contributed by atoms with Crippen LogP contribution in [0.5, 0.6) is 0 Å². The Morgan fingerprint density at radius 1 is 1.24 bits per heavy atom. The van der Waals surface area contributed by atoms with Crippen LogP contribution in [0.3, 0.4) is 0 Å². The van der Waals surface area contributed by atoms with Crippen molar-refractivity contribution in [2.75, 3.05) is 6.26 Å². The summed E-state index contributed by atoms with van der Waals surface area (Å²) in [7, 11) is -3.15. The minimum Gasteiger partial charge on any atom is -0.263 e. The van der Waals surface area contributed by atoms with E-state index in [0.717, 1.165) is 17.8 Å². The van der Waals surface area contributed by atoms with Gasteiger partial charge in [0.15, 0.2) is 15.7 Å². The molecular formula is C11H13N3O2S. The average Bonchev–Trinajstić information content (AvgIpc) is 2.76. The third kappa shape index (κ3) is 2.52. The van der Waals surface area contributed by atoms with E-state index in [1.54, 1.807) is 24.3 Å². The molecule has 0 bridgehead atoms. The van der Waals surface area contributed by atoms with Crippen molar-refractivity contribution in [2.24, 2.45) is 0 Å². The first-order valence-electron chi connectivity index (χ1n) is 5.22. The summed E-state index contributed by atoms with van der Waals surface area (Å²) in [6.45, 7) is 1.98. The molecule has 5 nitrogen and oxygen atoms in total. The van der Waals surface area contributed by atoms with Crippen molar-refractivity contribution in [3.63, 3.8) is 0 Å². The van der Waals surface area contributed by atoms with E-state index in [-0.39, 0.29) is 0 Å². The van der Waals surface area contributed by atoms with Crippen LogP contribution < -0.4 is 0 Å². The smallest absolute Gasteiger partial charge is 0.181 e. The number of aromatic amines is 1. The highest BCUT2D eigenvalue weighted by molar-refractivity contribution is 7.90. The van der Waals surface area contributed by atoms with Gasteiger partial charge >= 0.3 is 0 Å². The van der Waals surface area contributed by atoms with Gasteiger partial charge < -0.3 is 0 Å². The fraction of sp³-hybridized carbons (Fsp3) is 0.273. The number of H-pyrrole nitrogens is 1.